The third-order valence-corrected chi connectivity index (χ3v) is 0.555. The van der Waals surface area contributed by atoms with Gasteiger partial charge in [-0.2, -0.15) is 0 Å². The van der Waals surface area contributed by atoms with Crippen molar-refractivity contribution in [2.24, 2.45) is 0 Å². The zero-order valence-corrected chi connectivity index (χ0v) is 4.57. The minimum Gasteiger partial charge on any atom is -0.251 e. The summed E-state index contributed by atoms with van der Waals surface area (Å²) in [5.41, 5.74) is -2.23. The van der Waals surface area contributed by atoms with Crippen LogP contribution in [0.15, 0.2) is 0 Å². The van der Waals surface area contributed by atoms with E-state index in [9.17, 15) is 13.7 Å². The van der Waals surface area contributed by atoms with Crippen molar-refractivity contribution in [3.05, 3.63) is 0 Å². The lowest BCUT2D eigenvalue weighted by atomic mass is 10.2. The molecule has 4 heteroatoms. The van der Waals surface area contributed by atoms with Crippen molar-refractivity contribution in [3.8, 4) is 0 Å². The second kappa shape index (κ2) is 2.07. The number of alkyl halides is 1. The third-order valence-electron chi connectivity index (χ3n) is 0.555. The van der Waals surface area contributed by atoms with Crippen LogP contribution in [0.2, 0.25) is 0 Å². The second-order valence-corrected chi connectivity index (χ2v) is 1.84. The average molecular weight is 124 g/mol. The van der Waals surface area contributed by atoms with Gasteiger partial charge in [0.05, 0.1) is 0 Å². The van der Waals surface area contributed by atoms with E-state index < -0.39 is 11.6 Å². The minimum absolute atomic E-state index is 0.912. The summed E-state index contributed by atoms with van der Waals surface area (Å²) in [7, 11) is 0. The normalized spacial score (nSPS) is 11.0. The molecule has 0 radical (unpaired) electrons. The van der Waals surface area contributed by atoms with Gasteiger partial charge in [0.15, 0.2) is 0 Å². The highest BCUT2D eigenvalue weighted by Gasteiger charge is 2.29. The van der Waals surface area contributed by atoms with E-state index in [1.54, 1.807) is 0 Å². The predicted octanol–water partition coefficient (Wildman–Crippen LogP) is 1.16. The van der Waals surface area contributed by atoms with Gasteiger partial charge in [-0.05, 0) is 13.8 Å². The first kappa shape index (κ1) is 7.33. The van der Waals surface area contributed by atoms with Gasteiger partial charge in [-0.3, -0.25) is 4.94 Å². The SMILES string of the molecule is CC(C)(F)C(=O)OF. The van der Waals surface area contributed by atoms with E-state index in [2.05, 4.69) is 4.94 Å². The molecule has 0 N–H and O–H groups in total. The molecule has 0 rings (SSSR count). The molecule has 0 atom stereocenters. The molecule has 0 aliphatic carbocycles. The molecule has 0 saturated carbocycles. The van der Waals surface area contributed by atoms with Crippen molar-refractivity contribution in [2.75, 3.05) is 0 Å². The van der Waals surface area contributed by atoms with E-state index in [1.165, 1.54) is 0 Å². The summed E-state index contributed by atoms with van der Waals surface area (Å²) in [6.07, 6.45) is 0. The van der Waals surface area contributed by atoms with Gasteiger partial charge in [0.1, 0.15) is 0 Å². The van der Waals surface area contributed by atoms with Crippen molar-refractivity contribution < 1.29 is 18.7 Å². The lowest BCUT2D eigenvalue weighted by Gasteiger charge is -2.05. The molecule has 0 fully saturated rings. The van der Waals surface area contributed by atoms with Crippen LogP contribution in [-0.2, 0) is 9.74 Å². The molecule has 0 aliphatic rings. The van der Waals surface area contributed by atoms with Gasteiger partial charge in [0.25, 0.3) is 0 Å². The van der Waals surface area contributed by atoms with E-state index in [1.807, 2.05) is 0 Å². The molecule has 2 nitrogen and oxygen atoms in total. The predicted molar refractivity (Wildman–Crippen MR) is 22.4 cm³/mol. The molecule has 0 unspecified atom stereocenters. The lowest BCUT2D eigenvalue weighted by Crippen LogP contribution is -2.25. The summed E-state index contributed by atoms with van der Waals surface area (Å²) >= 11 is 0. The van der Waals surface area contributed by atoms with Gasteiger partial charge in [-0.1, -0.05) is 0 Å². The Bertz CT molecular complexity index is 94.7. The van der Waals surface area contributed by atoms with E-state index in [4.69, 9.17) is 0 Å². The lowest BCUT2D eigenvalue weighted by molar-refractivity contribution is -0.196. The van der Waals surface area contributed by atoms with Crippen LogP contribution in [0, 0.1) is 0 Å². The molecule has 0 heterocycles. The number of hydrogen-bond acceptors (Lipinski definition) is 2. The summed E-state index contributed by atoms with van der Waals surface area (Å²) in [4.78, 5) is 12.5. The van der Waals surface area contributed by atoms with Gasteiger partial charge >= 0.3 is 5.97 Å². The Kier molecular flexibility index (Phi) is 1.89. The monoisotopic (exact) mass is 124 g/mol. The standard InChI is InChI=1S/C4H6F2O2/c1-4(2,5)3(7)8-6/h1-2H3. The van der Waals surface area contributed by atoms with E-state index >= 15 is 0 Å². The first-order valence-corrected chi connectivity index (χ1v) is 2.00. The molecule has 0 saturated heterocycles. The molecule has 0 aromatic heterocycles. The van der Waals surface area contributed by atoms with Crippen molar-refractivity contribution in [2.45, 2.75) is 19.5 Å². The molecular weight excluding hydrogens is 118 g/mol. The summed E-state index contributed by atoms with van der Waals surface area (Å²) in [6, 6.07) is 0. The van der Waals surface area contributed by atoms with E-state index in [-0.39, 0.29) is 0 Å². The quantitative estimate of drug-likeness (QED) is 0.524. The highest BCUT2D eigenvalue weighted by molar-refractivity contribution is 5.77. The van der Waals surface area contributed by atoms with Gasteiger partial charge in [0.2, 0.25) is 5.67 Å². The Hall–Kier alpha value is -0.670. The zero-order chi connectivity index (χ0) is 6.78. The van der Waals surface area contributed by atoms with E-state index in [0.717, 1.165) is 13.8 Å². The molecule has 0 spiro atoms. The maximum absolute atomic E-state index is 12.1. The van der Waals surface area contributed by atoms with Crippen LogP contribution in [-0.4, -0.2) is 11.6 Å². The number of hydrogen-bond donors (Lipinski definition) is 0. The molecule has 0 aromatic carbocycles. The molecule has 48 valence electrons. The Morgan fingerprint density at radius 3 is 2.00 bits per heavy atom. The second-order valence-electron chi connectivity index (χ2n) is 1.84. The van der Waals surface area contributed by atoms with Crippen LogP contribution < -0.4 is 0 Å². The maximum Gasteiger partial charge on any atom is 0.385 e. The first-order valence-electron chi connectivity index (χ1n) is 2.00. The number of rotatable bonds is 1. The van der Waals surface area contributed by atoms with Gasteiger partial charge in [-0.15, -0.1) is 0 Å². The van der Waals surface area contributed by atoms with Crippen LogP contribution in [0.5, 0.6) is 0 Å². The van der Waals surface area contributed by atoms with Gasteiger partial charge in [-0.25, -0.2) is 9.18 Å². The van der Waals surface area contributed by atoms with Crippen molar-refractivity contribution in [1.29, 1.82) is 0 Å². The van der Waals surface area contributed by atoms with Crippen LogP contribution >= 0.6 is 0 Å². The summed E-state index contributed by atoms with van der Waals surface area (Å²) in [5.74, 6) is -1.50. The fraction of sp³-hybridized carbons (Fsp3) is 0.750. The Labute approximate surface area is 45.3 Å². The summed E-state index contributed by atoms with van der Waals surface area (Å²) in [6.45, 7) is 1.82. The van der Waals surface area contributed by atoms with Crippen LogP contribution in [0.3, 0.4) is 0 Å². The molecular formula is C4H6F2O2. The largest absolute Gasteiger partial charge is 0.385 e. The van der Waals surface area contributed by atoms with Crippen molar-refractivity contribution in [3.63, 3.8) is 0 Å². The molecule has 0 aliphatic heterocycles. The fourth-order valence-corrected chi connectivity index (χ4v) is 0.0917. The fourth-order valence-electron chi connectivity index (χ4n) is 0.0917. The molecule has 0 aromatic rings. The van der Waals surface area contributed by atoms with Gasteiger partial charge < -0.3 is 0 Å². The van der Waals surface area contributed by atoms with Crippen LogP contribution in [0.1, 0.15) is 13.8 Å². The third kappa shape index (κ3) is 1.86. The maximum atomic E-state index is 12.1. The Morgan fingerprint density at radius 1 is 1.62 bits per heavy atom. The average Bonchev–Trinajstić information content (AvgIpc) is 1.62. The molecule has 0 bridgehead atoms. The Balaban J connectivity index is 3.82. The summed E-state index contributed by atoms with van der Waals surface area (Å²) < 4.78 is 22.9. The first-order chi connectivity index (χ1) is 3.48. The van der Waals surface area contributed by atoms with Crippen molar-refractivity contribution in [1.82, 2.24) is 0 Å². The molecule has 0 amide bonds. The smallest absolute Gasteiger partial charge is 0.251 e. The van der Waals surface area contributed by atoms with E-state index in [0.29, 0.717) is 0 Å². The number of carbonyl (C=O) groups is 1. The topological polar surface area (TPSA) is 26.3 Å². The minimum atomic E-state index is -2.23. The van der Waals surface area contributed by atoms with Crippen LogP contribution in [0.25, 0.3) is 0 Å². The molecule has 8 heavy (non-hydrogen) atoms. The summed E-state index contributed by atoms with van der Waals surface area (Å²) in [5, 5.41) is 0. The van der Waals surface area contributed by atoms with Gasteiger partial charge in [0, 0.05) is 4.53 Å². The number of carbonyl (C=O) groups excluding carboxylic acids is 1. The van der Waals surface area contributed by atoms with Crippen LogP contribution in [0.4, 0.5) is 8.92 Å². The zero-order valence-electron chi connectivity index (χ0n) is 4.57. The highest BCUT2D eigenvalue weighted by atomic mass is 19.3. The number of halogens is 2. The van der Waals surface area contributed by atoms with Crippen molar-refractivity contribution >= 4 is 5.97 Å². The Morgan fingerprint density at radius 2 is 2.00 bits per heavy atom. The highest BCUT2D eigenvalue weighted by Crippen LogP contribution is 2.09.